The summed E-state index contributed by atoms with van der Waals surface area (Å²) < 4.78 is 2.10. The van der Waals surface area contributed by atoms with Crippen molar-refractivity contribution in [2.45, 2.75) is 6.42 Å². The number of aryl methyl sites for hydroxylation is 1. The van der Waals surface area contributed by atoms with Gasteiger partial charge in [0.05, 0.1) is 11.7 Å². The van der Waals surface area contributed by atoms with Gasteiger partial charge in [0.15, 0.2) is 0 Å². The largest absolute Gasteiger partial charge is 0.399 e. The summed E-state index contributed by atoms with van der Waals surface area (Å²) in [5.41, 5.74) is 9.71. The topological polar surface area (TPSA) is 56.7 Å². The molecule has 0 atom stereocenters. The standard InChI is InChI=1S/C14H14N4/c1-18-13-6-7-16-9-12(13)17-14(18)8-10-2-4-11(15)5-3-10/h2-7,9H,8,15H2,1H3. The van der Waals surface area contributed by atoms with Crippen molar-refractivity contribution < 1.29 is 0 Å². The molecule has 2 N–H and O–H groups in total. The van der Waals surface area contributed by atoms with Crippen LogP contribution in [0.15, 0.2) is 42.7 Å². The monoisotopic (exact) mass is 238 g/mol. The minimum atomic E-state index is 0.785. The summed E-state index contributed by atoms with van der Waals surface area (Å²) in [6, 6.07) is 9.88. The molecule has 0 radical (unpaired) electrons. The maximum absolute atomic E-state index is 5.68. The Morgan fingerprint density at radius 3 is 2.67 bits per heavy atom. The number of aromatic nitrogens is 3. The number of nitrogens with two attached hydrogens (primary N) is 1. The first-order chi connectivity index (χ1) is 8.74. The molecule has 0 unspecified atom stereocenters. The number of hydrogen-bond donors (Lipinski definition) is 1. The summed E-state index contributed by atoms with van der Waals surface area (Å²) in [7, 11) is 2.03. The van der Waals surface area contributed by atoms with Crippen LogP contribution in [0, 0.1) is 0 Å². The Morgan fingerprint density at radius 1 is 1.17 bits per heavy atom. The SMILES string of the molecule is Cn1c(Cc2ccc(N)cc2)nc2cnccc21. The van der Waals surface area contributed by atoms with Crippen molar-refractivity contribution in [3.05, 3.63) is 54.1 Å². The first-order valence-corrected chi connectivity index (χ1v) is 5.84. The molecule has 90 valence electrons. The molecule has 18 heavy (non-hydrogen) atoms. The van der Waals surface area contributed by atoms with Gasteiger partial charge in [-0.1, -0.05) is 12.1 Å². The summed E-state index contributed by atoms with van der Waals surface area (Å²) in [6.07, 6.45) is 4.38. The Balaban J connectivity index is 1.99. The summed E-state index contributed by atoms with van der Waals surface area (Å²) >= 11 is 0. The molecule has 1 aromatic carbocycles. The highest BCUT2D eigenvalue weighted by Crippen LogP contribution is 2.16. The van der Waals surface area contributed by atoms with Crippen LogP contribution in [0.5, 0.6) is 0 Å². The second-order valence-electron chi connectivity index (χ2n) is 4.37. The van der Waals surface area contributed by atoms with E-state index in [-0.39, 0.29) is 0 Å². The van der Waals surface area contributed by atoms with E-state index in [1.54, 1.807) is 12.4 Å². The molecule has 0 saturated carbocycles. The predicted molar refractivity (Wildman–Crippen MR) is 72.2 cm³/mol. The molecule has 2 aromatic heterocycles. The quantitative estimate of drug-likeness (QED) is 0.696. The van der Waals surface area contributed by atoms with E-state index in [0.717, 1.165) is 29.0 Å². The molecule has 0 amide bonds. The molecule has 4 nitrogen and oxygen atoms in total. The number of anilines is 1. The van der Waals surface area contributed by atoms with Gasteiger partial charge in [0.25, 0.3) is 0 Å². The van der Waals surface area contributed by atoms with Crippen molar-refractivity contribution in [2.75, 3.05) is 5.73 Å². The van der Waals surface area contributed by atoms with Crippen LogP contribution in [-0.2, 0) is 13.5 Å². The van der Waals surface area contributed by atoms with E-state index in [9.17, 15) is 0 Å². The molecule has 0 bridgehead atoms. The van der Waals surface area contributed by atoms with Gasteiger partial charge in [-0.3, -0.25) is 4.98 Å². The van der Waals surface area contributed by atoms with Crippen LogP contribution >= 0.6 is 0 Å². The highest BCUT2D eigenvalue weighted by Gasteiger charge is 2.07. The van der Waals surface area contributed by atoms with Crippen molar-refractivity contribution in [3.63, 3.8) is 0 Å². The van der Waals surface area contributed by atoms with Gasteiger partial charge in [0.2, 0.25) is 0 Å². The molecular formula is C14H14N4. The van der Waals surface area contributed by atoms with Gasteiger partial charge in [-0.25, -0.2) is 4.98 Å². The predicted octanol–water partition coefficient (Wildman–Crippen LogP) is 2.14. The molecule has 0 aliphatic rings. The number of hydrogen-bond acceptors (Lipinski definition) is 3. The normalized spacial score (nSPS) is 10.9. The molecular weight excluding hydrogens is 224 g/mol. The van der Waals surface area contributed by atoms with Gasteiger partial charge in [-0.2, -0.15) is 0 Å². The highest BCUT2D eigenvalue weighted by molar-refractivity contribution is 5.74. The fourth-order valence-corrected chi connectivity index (χ4v) is 2.08. The van der Waals surface area contributed by atoms with Crippen molar-refractivity contribution in [1.82, 2.24) is 14.5 Å². The molecule has 0 fully saturated rings. The number of nitrogen functional groups attached to an aromatic ring is 1. The van der Waals surface area contributed by atoms with Crippen LogP contribution in [-0.4, -0.2) is 14.5 Å². The van der Waals surface area contributed by atoms with E-state index in [1.165, 1.54) is 5.56 Å². The van der Waals surface area contributed by atoms with Crippen LogP contribution in [0.1, 0.15) is 11.4 Å². The number of nitrogens with zero attached hydrogens (tertiary/aromatic N) is 3. The van der Waals surface area contributed by atoms with Gasteiger partial charge in [0, 0.05) is 25.4 Å². The Labute approximate surface area is 105 Å². The zero-order valence-corrected chi connectivity index (χ0v) is 10.2. The highest BCUT2D eigenvalue weighted by atomic mass is 15.1. The fourth-order valence-electron chi connectivity index (χ4n) is 2.08. The van der Waals surface area contributed by atoms with Crippen molar-refractivity contribution >= 4 is 16.7 Å². The minimum absolute atomic E-state index is 0.785. The van der Waals surface area contributed by atoms with Crippen molar-refractivity contribution in [2.24, 2.45) is 7.05 Å². The average Bonchev–Trinajstić information content (AvgIpc) is 2.70. The van der Waals surface area contributed by atoms with Gasteiger partial charge in [-0.05, 0) is 23.8 Å². The van der Waals surface area contributed by atoms with E-state index in [4.69, 9.17) is 5.73 Å². The van der Waals surface area contributed by atoms with E-state index < -0.39 is 0 Å². The second kappa shape index (κ2) is 4.14. The van der Waals surface area contributed by atoms with Crippen LogP contribution in [0.2, 0.25) is 0 Å². The Hall–Kier alpha value is -2.36. The lowest BCUT2D eigenvalue weighted by Crippen LogP contribution is -1.99. The lowest BCUT2D eigenvalue weighted by atomic mass is 10.1. The van der Waals surface area contributed by atoms with Crippen molar-refractivity contribution in [3.8, 4) is 0 Å². The number of fused-ring (bicyclic) bond motifs is 1. The zero-order valence-electron chi connectivity index (χ0n) is 10.2. The van der Waals surface area contributed by atoms with Crippen molar-refractivity contribution in [1.29, 1.82) is 0 Å². The Morgan fingerprint density at radius 2 is 1.94 bits per heavy atom. The lowest BCUT2D eigenvalue weighted by molar-refractivity contribution is 0.845. The minimum Gasteiger partial charge on any atom is -0.399 e. The van der Waals surface area contributed by atoms with Gasteiger partial charge < -0.3 is 10.3 Å². The molecule has 0 aliphatic heterocycles. The van der Waals surface area contributed by atoms with Crippen LogP contribution in [0.4, 0.5) is 5.69 Å². The summed E-state index contributed by atoms with van der Waals surface area (Å²) in [5.74, 6) is 1.03. The van der Waals surface area contributed by atoms with E-state index in [0.29, 0.717) is 0 Å². The number of pyridine rings is 1. The lowest BCUT2D eigenvalue weighted by Gasteiger charge is -2.03. The smallest absolute Gasteiger partial charge is 0.114 e. The Kier molecular flexibility index (Phi) is 2.48. The third kappa shape index (κ3) is 1.82. The first-order valence-electron chi connectivity index (χ1n) is 5.84. The average molecular weight is 238 g/mol. The molecule has 2 heterocycles. The third-order valence-corrected chi connectivity index (χ3v) is 3.12. The number of rotatable bonds is 2. The molecule has 3 aromatic rings. The maximum atomic E-state index is 5.68. The summed E-state index contributed by atoms with van der Waals surface area (Å²) in [6.45, 7) is 0. The fraction of sp³-hybridized carbons (Fsp3) is 0.143. The van der Waals surface area contributed by atoms with Crippen LogP contribution in [0.3, 0.4) is 0 Å². The molecule has 0 spiro atoms. The maximum Gasteiger partial charge on any atom is 0.114 e. The zero-order chi connectivity index (χ0) is 12.5. The van der Waals surface area contributed by atoms with E-state index in [2.05, 4.69) is 14.5 Å². The number of imidazole rings is 1. The molecule has 4 heteroatoms. The first kappa shape index (κ1) is 10.8. The third-order valence-electron chi connectivity index (χ3n) is 3.12. The van der Waals surface area contributed by atoms with E-state index in [1.807, 2.05) is 37.4 Å². The molecule has 3 rings (SSSR count). The van der Waals surface area contributed by atoms with Gasteiger partial charge in [0.1, 0.15) is 11.3 Å². The summed E-state index contributed by atoms with van der Waals surface area (Å²) in [5, 5.41) is 0. The van der Waals surface area contributed by atoms with Crippen LogP contribution < -0.4 is 5.73 Å². The second-order valence-corrected chi connectivity index (χ2v) is 4.37. The summed E-state index contributed by atoms with van der Waals surface area (Å²) in [4.78, 5) is 8.69. The number of benzene rings is 1. The van der Waals surface area contributed by atoms with Gasteiger partial charge in [-0.15, -0.1) is 0 Å². The molecule has 0 saturated heterocycles. The van der Waals surface area contributed by atoms with Gasteiger partial charge >= 0.3 is 0 Å². The Bertz CT molecular complexity index is 683. The van der Waals surface area contributed by atoms with E-state index >= 15 is 0 Å². The van der Waals surface area contributed by atoms with Crippen LogP contribution in [0.25, 0.3) is 11.0 Å². The molecule has 0 aliphatic carbocycles.